The molecule has 2 aromatic carbocycles. The van der Waals surface area contributed by atoms with Gasteiger partial charge in [-0.15, -0.1) is 0 Å². The Labute approximate surface area is 442 Å². The Bertz CT molecular complexity index is 3400. The Kier molecular flexibility index (Phi) is 17.3. The van der Waals surface area contributed by atoms with Crippen LogP contribution < -0.4 is 5.32 Å². The fourth-order valence-electron chi connectivity index (χ4n) is 11.1. The Hall–Kier alpha value is -7.44. The van der Waals surface area contributed by atoms with Gasteiger partial charge < -0.3 is 15.3 Å². The summed E-state index contributed by atoms with van der Waals surface area (Å²) in [5, 5.41) is 21.1. The average Bonchev–Trinajstić information content (AvgIpc) is 4.34. The second-order valence-electron chi connectivity index (χ2n) is 20.0. The predicted molar refractivity (Wildman–Crippen MR) is 313 cm³/mol. The fourth-order valence-corrected chi connectivity index (χ4v) is 11.1. The van der Waals surface area contributed by atoms with Gasteiger partial charge in [-0.25, -0.2) is 9.97 Å². The van der Waals surface area contributed by atoms with Crippen LogP contribution >= 0.6 is 0 Å². The van der Waals surface area contributed by atoms with Crippen LogP contribution in [0.15, 0.2) is 134 Å². The first-order valence-corrected chi connectivity index (χ1v) is 27.7. The molecule has 2 aliphatic carbocycles. The van der Waals surface area contributed by atoms with E-state index < -0.39 is 0 Å². The van der Waals surface area contributed by atoms with Crippen LogP contribution in [0, 0.1) is 0 Å². The number of aromatic amines is 4. The van der Waals surface area contributed by atoms with Crippen molar-refractivity contribution in [1.29, 1.82) is 0 Å². The lowest BCUT2D eigenvalue weighted by atomic mass is 9.84. The quantitative estimate of drug-likeness (QED) is 0.0636. The molecular weight excluding hydrogens is 925 g/mol. The van der Waals surface area contributed by atoms with Crippen molar-refractivity contribution in [3.63, 3.8) is 0 Å². The number of nitrogens with one attached hydrogen (secondary N) is 5. The van der Waals surface area contributed by atoms with Gasteiger partial charge in [0.25, 0.3) is 0 Å². The van der Waals surface area contributed by atoms with Crippen LogP contribution in [0.1, 0.15) is 152 Å². The molecule has 2 saturated carbocycles. The number of hydrogen-bond acceptors (Lipinski definition) is 8. The molecule has 0 spiro atoms. The lowest BCUT2D eigenvalue weighted by Crippen LogP contribution is -2.21. The lowest BCUT2D eigenvalue weighted by Gasteiger charge is -2.21. The minimum Gasteiger partial charge on any atom is -0.359 e. The van der Waals surface area contributed by atoms with Gasteiger partial charge in [-0.1, -0.05) is 115 Å². The van der Waals surface area contributed by atoms with Crippen LogP contribution in [0.3, 0.4) is 0 Å². The highest BCUT2D eigenvalue weighted by molar-refractivity contribution is 5.97. The molecule has 0 unspecified atom stereocenters. The van der Waals surface area contributed by atoms with Crippen molar-refractivity contribution in [2.75, 3.05) is 19.6 Å². The van der Waals surface area contributed by atoms with Gasteiger partial charge in [0.15, 0.2) is 11.6 Å². The number of likely N-dealkylation sites (tertiary alicyclic amines) is 1. The standard InChI is InChI=1S/C31H36N6.C30H34N6.C2H6/c1-3-21(20-37-14-8-9-15-37)16-22(4-2)24-12-13-27-25(17-24)30(36-35-27)31-33-28-19-32-18-26(29(28)34-31)23-10-6-5-7-11-23;1-5-19(4)32-23(7-3)15-20(6-2)22-13-14-26-24(16-22)29(36-35-26)30-33-27-18-31-17-25(28(27)34-30)21-11-9-8-10-12-21;1-2/h3-4,12-13,16-19,23H,1,5-11,14-15,20H2,2H3,(H,33,34)(H,35,36);6-7,13-18,21,32H,3-5,8-12H2,1-2H3,(H,33,34)(H,35,36);1-2H3/b21-16+,22-4+;20-6+,23-15+;. The van der Waals surface area contributed by atoms with Crippen molar-refractivity contribution in [3.05, 3.63) is 157 Å². The minimum atomic E-state index is 0.536. The summed E-state index contributed by atoms with van der Waals surface area (Å²) in [4.78, 5) is 28.7. The Morgan fingerprint density at radius 3 is 1.59 bits per heavy atom. The number of allylic oxidation sites excluding steroid dienone is 8. The number of fused-ring (bicyclic) bond motifs is 4. The Morgan fingerprint density at radius 1 is 0.640 bits per heavy atom. The van der Waals surface area contributed by atoms with Gasteiger partial charge in [0.1, 0.15) is 11.4 Å². The number of aromatic nitrogens is 10. The van der Waals surface area contributed by atoms with Gasteiger partial charge in [-0.05, 0) is 148 Å². The van der Waals surface area contributed by atoms with Crippen LogP contribution in [0.2, 0.25) is 0 Å². The molecule has 11 rings (SSSR count). The molecule has 0 atom stereocenters. The van der Waals surface area contributed by atoms with Crippen molar-refractivity contribution in [1.82, 2.24) is 60.5 Å². The van der Waals surface area contributed by atoms with Crippen LogP contribution in [0.25, 0.3) is 78.1 Å². The molecule has 3 fully saturated rings. The summed E-state index contributed by atoms with van der Waals surface area (Å²) in [5.74, 6) is 2.65. The van der Waals surface area contributed by atoms with E-state index in [2.05, 4.69) is 145 Å². The molecule has 0 amide bonds. The highest BCUT2D eigenvalue weighted by Gasteiger charge is 2.24. The molecule has 12 heteroatoms. The van der Waals surface area contributed by atoms with Gasteiger partial charge in [0.2, 0.25) is 0 Å². The average molecular weight is 1000 g/mol. The number of nitrogens with zero attached hydrogens (tertiary/aromatic N) is 7. The molecule has 0 radical (unpaired) electrons. The summed E-state index contributed by atoms with van der Waals surface area (Å²) in [6.45, 7) is 25.6. The molecule has 8 aromatic rings. The third-order valence-electron chi connectivity index (χ3n) is 15.3. The third-order valence-corrected chi connectivity index (χ3v) is 15.3. The maximum absolute atomic E-state index is 5.07. The zero-order valence-electron chi connectivity index (χ0n) is 45.0. The maximum Gasteiger partial charge on any atom is 0.159 e. The topological polar surface area (TPSA) is 156 Å². The zero-order chi connectivity index (χ0) is 52.3. The molecule has 0 bridgehead atoms. The molecule has 1 aliphatic heterocycles. The largest absolute Gasteiger partial charge is 0.359 e. The molecule has 388 valence electrons. The van der Waals surface area contributed by atoms with E-state index in [0.717, 1.165) is 102 Å². The fraction of sp³-hybridized carbons (Fsp3) is 0.365. The molecule has 6 aromatic heterocycles. The van der Waals surface area contributed by atoms with Gasteiger partial charge in [-0.3, -0.25) is 25.1 Å². The van der Waals surface area contributed by atoms with E-state index in [1.165, 1.54) is 118 Å². The summed E-state index contributed by atoms with van der Waals surface area (Å²) >= 11 is 0. The third kappa shape index (κ3) is 11.8. The maximum atomic E-state index is 5.07. The molecule has 12 nitrogen and oxygen atoms in total. The van der Waals surface area contributed by atoms with Crippen molar-refractivity contribution in [2.24, 2.45) is 0 Å². The van der Waals surface area contributed by atoms with E-state index in [1.807, 2.05) is 57.7 Å². The summed E-state index contributed by atoms with van der Waals surface area (Å²) in [6.07, 6.45) is 36.4. The Morgan fingerprint density at radius 2 is 1.13 bits per heavy atom. The van der Waals surface area contributed by atoms with Crippen LogP contribution in [0.4, 0.5) is 0 Å². The van der Waals surface area contributed by atoms with E-state index in [-0.39, 0.29) is 0 Å². The van der Waals surface area contributed by atoms with Crippen molar-refractivity contribution >= 4 is 55.0 Å². The van der Waals surface area contributed by atoms with Gasteiger partial charge >= 0.3 is 0 Å². The number of H-pyrrole nitrogens is 4. The van der Waals surface area contributed by atoms with Crippen molar-refractivity contribution < 1.29 is 0 Å². The molecule has 75 heavy (non-hydrogen) atoms. The Balaban J connectivity index is 0.000000178. The number of rotatable bonds is 15. The highest BCUT2D eigenvalue weighted by Crippen LogP contribution is 2.39. The summed E-state index contributed by atoms with van der Waals surface area (Å²) < 4.78 is 0. The van der Waals surface area contributed by atoms with E-state index >= 15 is 0 Å². The van der Waals surface area contributed by atoms with E-state index in [9.17, 15) is 0 Å². The lowest BCUT2D eigenvalue weighted by molar-refractivity contribution is 0.371. The van der Waals surface area contributed by atoms with Gasteiger partial charge in [-0.2, -0.15) is 10.2 Å². The first-order chi connectivity index (χ1) is 36.8. The van der Waals surface area contributed by atoms with Crippen LogP contribution in [-0.2, 0) is 0 Å². The van der Waals surface area contributed by atoms with Crippen LogP contribution in [-0.4, -0.2) is 74.8 Å². The summed E-state index contributed by atoms with van der Waals surface area (Å²) in [7, 11) is 0. The minimum absolute atomic E-state index is 0.536. The van der Waals surface area contributed by atoms with E-state index in [4.69, 9.17) is 9.97 Å². The monoisotopic (exact) mass is 1000 g/mol. The SMILES string of the molecule is C=C/C(=C\C(=C/C)c1ccc2[nH]nc(-c3nc4c(C5CCCCC5)cncc4[nH]3)c2c1)CN1CCCC1.C=C/C(=C\C(=C/C)c1ccc2[nH]nc(-c3nc4c(C5CCCCC5)cncc4[nH]3)c2c1)NC(=C)CC.CC. The second-order valence-corrected chi connectivity index (χ2v) is 20.0. The van der Waals surface area contributed by atoms with E-state index in [1.54, 1.807) is 0 Å². The number of benzene rings is 2. The first-order valence-electron chi connectivity index (χ1n) is 27.7. The molecule has 3 aliphatic rings. The molecule has 1 saturated heterocycles. The van der Waals surface area contributed by atoms with Crippen molar-refractivity contribution in [3.8, 4) is 23.0 Å². The smallest absolute Gasteiger partial charge is 0.159 e. The highest BCUT2D eigenvalue weighted by atomic mass is 15.2. The molecule has 5 N–H and O–H groups in total. The number of imidazole rings is 2. The second kappa shape index (κ2) is 24.7. The van der Waals surface area contributed by atoms with Gasteiger partial charge in [0, 0.05) is 52.2 Å². The summed E-state index contributed by atoms with van der Waals surface area (Å²) in [5.41, 5.74) is 17.9. The number of pyridine rings is 2. The zero-order valence-corrected chi connectivity index (χ0v) is 45.0. The summed E-state index contributed by atoms with van der Waals surface area (Å²) in [6, 6.07) is 12.9. The predicted octanol–water partition coefficient (Wildman–Crippen LogP) is 15.7. The number of hydrogen-bond donors (Lipinski definition) is 5. The molecule has 7 heterocycles. The molecular formula is C63H76N12. The van der Waals surface area contributed by atoms with Crippen LogP contribution in [0.5, 0.6) is 0 Å². The van der Waals surface area contributed by atoms with Crippen molar-refractivity contribution in [2.45, 2.75) is 130 Å². The normalized spacial score (nSPS) is 16.5. The van der Waals surface area contributed by atoms with Gasteiger partial charge in [0.05, 0.1) is 45.5 Å². The first kappa shape index (κ1) is 52.4. The van der Waals surface area contributed by atoms with E-state index in [0.29, 0.717) is 11.8 Å².